The monoisotopic (exact) mass is 289 g/mol. The van der Waals surface area contributed by atoms with Gasteiger partial charge in [-0.05, 0) is 12.8 Å². The van der Waals surface area contributed by atoms with Crippen LogP contribution in [0, 0.1) is 16.0 Å². The molecule has 0 fully saturated rings. The van der Waals surface area contributed by atoms with E-state index in [1.165, 1.54) is 0 Å². The Bertz CT molecular complexity index is 485. The van der Waals surface area contributed by atoms with Gasteiger partial charge in [0.15, 0.2) is 0 Å². The zero-order valence-electron chi connectivity index (χ0n) is 11.1. The summed E-state index contributed by atoms with van der Waals surface area (Å²) in [5.74, 6) is -0.335. The minimum atomic E-state index is -0.575. The molecule has 0 radical (unpaired) electrons. The first kappa shape index (κ1) is 15.4. The highest BCUT2D eigenvalue weighted by Crippen LogP contribution is 2.29. The van der Waals surface area contributed by atoms with Crippen molar-refractivity contribution in [3.8, 4) is 0 Å². The number of aromatic nitrogens is 2. The van der Waals surface area contributed by atoms with Crippen LogP contribution in [0.3, 0.4) is 0 Å². The molecule has 0 atom stereocenters. The van der Waals surface area contributed by atoms with E-state index < -0.39 is 10.9 Å². The fourth-order valence-electron chi connectivity index (χ4n) is 1.62. The van der Waals surface area contributed by atoms with E-state index in [1.807, 2.05) is 13.8 Å². The summed E-state index contributed by atoms with van der Waals surface area (Å²) in [4.78, 5) is 21.8. The number of ether oxygens (including phenoxy) is 1. The Kier molecular flexibility index (Phi) is 5.29. The third-order valence-electron chi connectivity index (χ3n) is 2.31. The molecule has 1 heterocycles. The van der Waals surface area contributed by atoms with Crippen LogP contribution in [0.4, 0.5) is 5.69 Å². The molecule has 0 bridgehead atoms. The highest BCUT2D eigenvalue weighted by molar-refractivity contribution is 6.31. The van der Waals surface area contributed by atoms with Gasteiger partial charge in [-0.2, -0.15) is 5.10 Å². The van der Waals surface area contributed by atoms with Gasteiger partial charge in [-0.15, -0.1) is 0 Å². The third kappa shape index (κ3) is 3.92. The number of carbonyl (C=O) groups excluding carboxylic acids is 1. The summed E-state index contributed by atoms with van der Waals surface area (Å²) in [5.41, 5.74) is 0.0500. The molecule has 1 aromatic heterocycles. The second-order valence-electron chi connectivity index (χ2n) is 4.40. The Balaban J connectivity index is 3.06. The maximum Gasteiger partial charge on any atom is 0.329 e. The summed E-state index contributed by atoms with van der Waals surface area (Å²) in [6.07, 6.45) is 0.422. The number of carbonyl (C=O) groups is 1. The summed E-state index contributed by atoms with van der Waals surface area (Å²) in [5, 5.41) is 14.9. The van der Waals surface area contributed by atoms with Crippen molar-refractivity contribution < 1.29 is 14.5 Å². The number of halogens is 1. The zero-order chi connectivity index (χ0) is 14.6. The van der Waals surface area contributed by atoms with Crippen molar-refractivity contribution >= 4 is 23.3 Å². The summed E-state index contributed by atoms with van der Waals surface area (Å²) in [7, 11) is 0. The van der Waals surface area contributed by atoms with Gasteiger partial charge in [0.1, 0.15) is 12.2 Å². The summed E-state index contributed by atoms with van der Waals surface area (Å²) >= 11 is 5.90. The topological polar surface area (TPSA) is 87.3 Å². The molecular formula is C11H16ClN3O4. The molecule has 7 nitrogen and oxygen atoms in total. The molecule has 0 aromatic carbocycles. The van der Waals surface area contributed by atoms with Crippen molar-refractivity contribution in [3.05, 3.63) is 21.0 Å². The normalized spacial score (nSPS) is 10.8. The standard InChI is InChI=1S/C11H16ClN3O4/c1-4-19-9(16)6-14-11(12)10(15(17)18)8(13-14)5-7(2)3/h7H,4-6H2,1-3H3. The van der Waals surface area contributed by atoms with Crippen molar-refractivity contribution in [3.63, 3.8) is 0 Å². The van der Waals surface area contributed by atoms with Crippen molar-refractivity contribution in [2.75, 3.05) is 6.61 Å². The van der Waals surface area contributed by atoms with Crippen LogP contribution in [0.5, 0.6) is 0 Å². The molecule has 0 aliphatic rings. The molecule has 0 spiro atoms. The van der Waals surface area contributed by atoms with E-state index in [0.29, 0.717) is 6.42 Å². The Labute approximate surface area is 115 Å². The molecule has 0 unspecified atom stereocenters. The van der Waals surface area contributed by atoms with Gasteiger partial charge >= 0.3 is 11.7 Å². The largest absolute Gasteiger partial charge is 0.465 e. The molecule has 1 rings (SSSR count). The lowest BCUT2D eigenvalue weighted by atomic mass is 10.1. The van der Waals surface area contributed by atoms with Crippen molar-refractivity contribution in [2.45, 2.75) is 33.7 Å². The fourth-order valence-corrected chi connectivity index (χ4v) is 1.89. The smallest absolute Gasteiger partial charge is 0.329 e. The average molecular weight is 290 g/mol. The molecule has 0 amide bonds. The van der Waals surface area contributed by atoms with E-state index in [9.17, 15) is 14.9 Å². The summed E-state index contributed by atoms with van der Waals surface area (Å²) in [6, 6.07) is 0. The fraction of sp³-hybridized carbons (Fsp3) is 0.636. The number of hydrogen-bond donors (Lipinski definition) is 0. The van der Waals surface area contributed by atoms with Gasteiger partial charge in [0.05, 0.1) is 11.5 Å². The highest BCUT2D eigenvalue weighted by atomic mass is 35.5. The Hall–Kier alpha value is -1.63. The van der Waals surface area contributed by atoms with Crippen LogP contribution in [0.1, 0.15) is 26.5 Å². The van der Waals surface area contributed by atoms with Crippen LogP contribution in [0.15, 0.2) is 0 Å². The van der Waals surface area contributed by atoms with Crippen LogP contribution in [0.25, 0.3) is 0 Å². The third-order valence-corrected chi connectivity index (χ3v) is 2.68. The van der Waals surface area contributed by atoms with Crippen LogP contribution in [-0.2, 0) is 22.5 Å². The summed E-state index contributed by atoms with van der Waals surface area (Å²) in [6.45, 7) is 5.52. The van der Waals surface area contributed by atoms with E-state index in [1.54, 1.807) is 6.92 Å². The molecule has 0 saturated carbocycles. The van der Waals surface area contributed by atoms with Crippen molar-refractivity contribution in [1.29, 1.82) is 0 Å². The highest BCUT2D eigenvalue weighted by Gasteiger charge is 2.27. The predicted octanol–water partition coefficient (Wildman–Crippen LogP) is 2.21. The number of esters is 1. The van der Waals surface area contributed by atoms with Crippen LogP contribution in [-0.4, -0.2) is 27.3 Å². The lowest BCUT2D eigenvalue weighted by Gasteiger charge is -2.02. The van der Waals surface area contributed by atoms with Gasteiger partial charge in [-0.1, -0.05) is 25.4 Å². The van der Waals surface area contributed by atoms with E-state index in [2.05, 4.69) is 5.10 Å². The van der Waals surface area contributed by atoms with Crippen LogP contribution < -0.4 is 0 Å². The van der Waals surface area contributed by atoms with Crippen molar-refractivity contribution in [2.24, 2.45) is 5.92 Å². The zero-order valence-corrected chi connectivity index (χ0v) is 11.8. The lowest BCUT2D eigenvalue weighted by molar-refractivity contribution is -0.385. The molecule has 106 valence electrons. The second-order valence-corrected chi connectivity index (χ2v) is 4.76. The first-order valence-corrected chi connectivity index (χ1v) is 6.29. The first-order chi connectivity index (χ1) is 8.86. The average Bonchev–Trinajstić information content (AvgIpc) is 2.54. The molecule has 19 heavy (non-hydrogen) atoms. The van der Waals surface area contributed by atoms with Gasteiger partial charge in [0, 0.05) is 6.42 Å². The number of rotatable bonds is 6. The van der Waals surface area contributed by atoms with Gasteiger partial charge in [-0.25, -0.2) is 4.68 Å². The maximum absolute atomic E-state index is 11.4. The molecule has 0 aliphatic heterocycles. The van der Waals surface area contributed by atoms with E-state index in [4.69, 9.17) is 16.3 Å². The predicted molar refractivity (Wildman–Crippen MR) is 69.1 cm³/mol. The lowest BCUT2D eigenvalue weighted by Crippen LogP contribution is -2.14. The van der Waals surface area contributed by atoms with Crippen molar-refractivity contribution in [1.82, 2.24) is 9.78 Å². The van der Waals surface area contributed by atoms with Gasteiger partial charge in [-0.3, -0.25) is 14.9 Å². The molecule has 1 aromatic rings. The number of hydrogen-bond acceptors (Lipinski definition) is 5. The van der Waals surface area contributed by atoms with Crippen LogP contribution >= 0.6 is 11.6 Å². The minimum absolute atomic E-state index is 0.145. The number of nitrogens with zero attached hydrogens (tertiary/aromatic N) is 3. The quantitative estimate of drug-likeness (QED) is 0.455. The van der Waals surface area contributed by atoms with Gasteiger partial charge in [0.25, 0.3) is 0 Å². The Morgan fingerprint density at radius 2 is 2.21 bits per heavy atom. The molecule has 0 saturated heterocycles. The Morgan fingerprint density at radius 1 is 1.58 bits per heavy atom. The summed E-state index contributed by atoms with van der Waals surface area (Å²) < 4.78 is 5.87. The van der Waals surface area contributed by atoms with E-state index in [0.717, 1.165) is 4.68 Å². The molecule has 0 N–H and O–H groups in total. The van der Waals surface area contributed by atoms with Gasteiger partial charge in [0.2, 0.25) is 5.15 Å². The molecular weight excluding hydrogens is 274 g/mol. The first-order valence-electron chi connectivity index (χ1n) is 5.92. The molecule has 0 aliphatic carbocycles. The maximum atomic E-state index is 11.4. The van der Waals surface area contributed by atoms with E-state index in [-0.39, 0.29) is 35.6 Å². The van der Waals surface area contributed by atoms with E-state index >= 15 is 0 Å². The van der Waals surface area contributed by atoms with Crippen LogP contribution in [0.2, 0.25) is 5.15 Å². The molecule has 8 heteroatoms. The SMILES string of the molecule is CCOC(=O)Cn1nc(CC(C)C)c([N+](=O)[O-])c1Cl. The van der Waals surface area contributed by atoms with Gasteiger partial charge < -0.3 is 4.74 Å². The second kappa shape index (κ2) is 6.51. The Morgan fingerprint density at radius 3 is 2.68 bits per heavy atom. The minimum Gasteiger partial charge on any atom is -0.465 e. The number of nitro groups is 1.